The Morgan fingerprint density at radius 3 is 2.72 bits per heavy atom. The van der Waals surface area contributed by atoms with E-state index in [1.54, 1.807) is 13.0 Å². The monoisotopic (exact) mass is 319 g/mol. The molecule has 0 N–H and O–H groups in total. The third-order valence-corrected chi connectivity index (χ3v) is 2.52. The van der Waals surface area contributed by atoms with E-state index in [1.165, 1.54) is 6.07 Å². The molecule has 1 aromatic carbocycles. The highest BCUT2D eigenvalue weighted by Crippen LogP contribution is 2.30. The lowest BCUT2D eigenvalue weighted by Crippen LogP contribution is -2.09. The maximum absolute atomic E-state index is 12.1. The van der Waals surface area contributed by atoms with Crippen LogP contribution in [0.5, 0.6) is 5.75 Å². The van der Waals surface area contributed by atoms with Gasteiger partial charge in [-0.05, 0) is 35.0 Å². The molecule has 0 spiro atoms. The maximum atomic E-state index is 12.1. The summed E-state index contributed by atoms with van der Waals surface area (Å²) < 4.78 is 33.4. The van der Waals surface area contributed by atoms with Gasteiger partial charge in [0.15, 0.2) is 0 Å². The second-order valence-electron chi connectivity index (χ2n) is 3.04. The summed E-state index contributed by atoms with van der Waals surface area (Å²) in [7, 11) is 0. The first-order chi connectivity index (χ1) is 8.49. The minimum atomic E-state index is -3.02. The van der Waals surface area contributed by atoms with Gasteiger partial charge in [0, 0.05) is 0 Å². The summed E-state index contributed by atoms with van der Waals surface area (Å²) in [6, 6.07) is 4.06. The molecule has 0 amide bonds. The molecule has 0 saturated carbocycles. The lowest BCUT2D eigenvalue weighted by molar-refractivity contribution is -0.0504. The van der Waals surface area contributed by atoms with Gasteiger partial charge < -0.3 is 9.47 Å². The first-order valence-electron chi connectivity index (χ1n) is 4.85. The summed E-state index contributed by atoms with van der Waals surface area (Å²) in [4.78, 5) is 11.5. The van der Waals surface area contributed by atoms with Crippen molar-refractivity contribution in [3.05, 3.63) is 27.7 Å². The SMILES string of the molecule is CCOC(=O)c1cc(OC(F)F)c(Br)cc1C#N. The molecule has 0 aliphatic heterocycles. The molecule has 1 aromatic rings. The molecule has 7 heteroatoms. The number of esters is 1. The maximum Gasteiger partial charge on any atom is 0.387 e. The zero-order valence-corrected chi connectivity index (χ0v) is 10.8. The quantitative estimate of drug-likeness (QED) is 0.800. The number of hydrogen-bond donors (Lipinski definition) is 0. The number of carbonyl (C=O) groups is 1. The lowest BCUT2D eigenvalue weighted by atomic mass is 10.1. The molecular formula is C11H8BrF2NO3. The minimum absolute atomic E-state index is 0.0157. The van der Waals surface area contributed by atoms with Crippen molar-refractivity contribution in [1.82, 2.24) is 0 Å². The number of hydrogen-bond acceptors (Lipinski definition) is 4. The van der Waals surface area contributed by atoms with E-state index in [9.17, 15) is 13.6 Å². The first kappa shape index (κ1) is 14.4. The normalized spacial score (nSPS) is 10.0. The lowest BCUT2D eigenvalue weighted by Gasteiger charge is -2.10. The van der Waals surface area contributed by atoms with Crippen molar-refractivity contribution in [2.45, 2.75) is 13.5 Å². The number of halogens is 3. The summed E-state index contributed by atoms with van der Waals surface area (Å²) in [5, 5.41) is 8.87. The molecule has 18 heavy (non-hydrogen) atoms. The Hall–Kier alpha value is -1.68. The van der Waals surface area contributed by atoms with Gasteiger partial charge in [-0.2, -0.15) is 14.0 Å². The Morgan fingerprint density at radius 2 is 2.22 bits per heavy atom. The highest BCUT2D eigenvalue weighted by molar-refractivity contribution is 9.10. The van der Waals surface area contributed by atoms with Crippen LogP contribution < -0.4 is 4.74 Å². The molecule has 0 bridgehead atoms. The van der Waals surface area contributed by atoms with Gasteiger partial charge in [0.1, 0.15) is 11.8 Å². The molecule has 0 atom stereocenters. The smallest absolute Gasteiger partial charge is 0.387 e. The molecule has 0 aliphatic rings. The molecule has 0 saturated heterocycles. The summed E-state index contributed by atoms with van der Waals surface area (Å²) in [5.41, 5.74) is -0.0971. The summed E-state index contributed by atoms with van der Waals surface area (Å²) in [6.45, 7) is -1.31. The van der Waals surface area contributed by atoms with E-state index in [2.05, 4.69) is 20.7 Å². The van der Waals surface area contributed by atoms with E-state index in [0.29, 0.717) is 0 Å². The van der Waals surface area contributed by atoms with Gasteiger partial charge in [0.05, 0.1) is 22.2 Å². The number of alkyl halides is 2. The molecule has 4 nitrogen and oxygen atoms in total. The summed E-state index contributed by atoms with van der Waals surface area (Å²) in [6.07, 6.45) is 0. The van der Waals surface area contributed by atoms with Crippen LogP contribution in [0.3, 0.4) is 0 Å². The molecule has 0 aliphatic carbocycles. The predicted molar refractivity (Wildman–Crippen MR) is 61.4 cm³/mol. The van der Waals surface area contributed by atoms with Crippen LogP contribution in [0, 0.1) is 11.3 Å². The Kier molecular flexibility index (Phi) is 5.04. The van der Waals surface area contributed by atoms with E-state index in [1.807, 2.05) is 0 Å². The van der Waals surface area contributed by atoms with Crippen molar-refractivity contribution in [3.8, 4) is 11.8 Å². The predicted octanol–water partition coefficient (Wildman–Crippen LogP) is 3.10. The van der Waals surface area contributed by atoms with Crippen LogP contribution in [0.15, 0.2) is 16.6 Å². The van der Waals surface area contributed by atoms with E-state index in [-0.39, 0.29) is 28.0 Å². The largest absolute Gasteiger partial charge is 0.462 e. The molecule has 0 aromatic heterocycles. The Morgan fingerprint density at radius 1 is 1.56 bits per heavy atom. The van der Waals surface area contributed by atoms with Crippen LogP contribution in [0.2, 0.25) is 0 Å². The van der Waals surface area contributed by atoms with Gasteiger partial charge in [0.25, 0.3) is 0 Å². The van der Waals surface area contributed by atoms with Gasteiger partial charge in [-0.3, -0.25) is 0 Å². The van der Waals surface area contributed by atoms with Crippen LogP contribution in [-0.2, 0) is 4.74 Å². The third-order valence-electron chi connectivity index (χ3n) is 1.90. The molecule has 0 unspecified atom stereocenters. The molecule has 0 fully saturated rings. The van der Waals surface area contributed by atoms with Crippen LogP contribution >= 0.6 is 15.9 Å². The van der Waals surface area contributed by atoms with Crippen LogP contribution in [0.4, 0.5) is 8.78 Å². The fourth-order valence-corrected chi connectivity index (χ4v) is 1.65. The molecule has 1 rings (SSSR count). The van der Waals surface area contributed by atoms with Crippen molar-refractivity contribution in [2.24, 2.45) is 0 Å². The second kappa shape index (κ2) is 6.31. The van der Waals surface area contributed by atoms with Crippen LogP contribution in [0.1, 0.15) is 22.8 Å². The average molecular weight is 320 g/mol. The fraction of sp³-hybridized carbons (Fsp3) is 0.273. The van der Waals surface area contributed by atoms with E-state index < -0.39 is 12.6 Å². The summed E-state index contributed by atoms with van der Waals surface area (Å²) in [5.74, 6) is -0.993. The topological polar surface area (TPSA) is 59.3 Å². The second-order valence-corrected chi connectivity index (χ2v) is 3.89. The van der Waals surface area contributed by atoms with Gasteiger partial charge in [-0.25, -0.2) is 4.79 Å². The molecule has 0 radical (unpaired) electrons. The van der Waals surface area contributed by atoms with Gasteiger partial charge in [-0.1, -0.05) is 0 Å². The highest BCUT2D eigenvalue weighted by Gasteiger charge is 2.18. The van der Waals surface area contributed by atoms with E-state index in [4.69, 9.17) is 10.00 Å². The van der Waals surface area contributed by atoms with Crippen molar-refractivity contribution in [3.63, 3.8) is 0 Å². The molecule has 96 valence electrons. The number of rotatable bonds is 4. The zero-order chi connectivity index (χ0) is 13.7. The van der Waals surface area contributed by atoms with Crippen molar-refractivity contribution < 1.29 is 23.0 Å². The highest BCUT2D eigenvalue weighted by atomic mass is 79.9. The number of carbonyl (C=O) groups excluding carboxylic acids is 1. The average Bonchev–Trinajstić information content (AvgIpc) is 2.30. The van der Waals surface area contributed by atoms with E-state index >= 15 is 0 Å². The van der Waals surface area contributed by atoms with Crippen LogP contribution in [-0.4, -0.2) is 19.2 Å². The molecule has 0 heterocycles. The van der Waals surface area contributed by atoms with Crippen molar-refractivity contribution >= 4 is 21.9 Å². The number of nitrogens with zero attached hydrogens (tertiary/aromatic N) is 1. The van der Waals surface area contributed by atoms with Gasteiger partial charge in [-0.15, -0.1) is 0 Å². The van der Waals surface area contributed by atoms with Gasteiger partial charge >= 0.3 is 12.6 Å². The van der Waals surface area contributed by atoms with Gasteiger partial charge in [0.2, 0.25) is 0 Å². The summed E-state index contributed by atoms with van der Waals surface area (Å²) >= 11 is 2.98. The number of nitriles is 1. The first-order valence-corrected chi connectivity index (χ1v) is 5.64. The Balaban J connectivity index is 3.22. The number of benzene rings is 1. The fourth-order valence-electron chi connectivity index (χ4n) is 1.21. The molecular weight excluding hydrogens is 312 g/mol. The number of ether oxygens (including phenoxy) is 2. The van der Waals surface area contributed by atoms with Crippen molar-refractivity contribution in [2.75, 3.05) is 6.61 Å². The Bertz CT molecular complexity index is 500. The Labute approximate surface area is 110 Å². The standard InChI is InChI=1S/C11H8BrF2NO3/c1-2-17-10(16)7-4-9(18-11(13)14)8(12)3-6(7)5-15/h3-4,11H,2H2,1H3. The zero-order valence-electron chi connectivity index (χ0n) is 9.25. The third kappa shape index (κ3) is 3.40. The minimum Gasteiger partial charge on any atom is -0.462 e. The van der Waals surface area contributed by atoms with Crippen LogP contribution in [0.25, 0.3) is 0 Å². The van der Waals surface area contributed by atoms with E-state index in [0.717, 1.165) is 6.07 Å². The van der Waals surface area contributed by atoms with Crippen molar-refractivity contribution in [1.29, 1.82) is 5.26 Å².